The highest BCUT2D eigenvalue weighted by Gasteiger charge is 2.02. The highest BCUT2D eigenvalue weighted by molar-refractivity contribution is 5.89. The van der Waals surface area contributed by atoms with Crippen molar-refractivity contribution in [1.29, 1.82) is 0 Å². The maximum absolute atomic E-state index is 5.01. The number of benzene rings is 1. The molecule has 0 bridgehead atoms. The van der Waals surface area contributed by atoms with Gasteiger partial charge in [-0.15, -0.1) is 12.4 Å². The summed E-state index contributed by atoms with van der Waals surface area (Å²) in [5, 5.41) is 4.39. The highest BCUT2D eigenvalue weighted by Crippen LogP contribution is 2.20. The molecule has 0 saturated heterocycles. The third kappa shape index (κ3) is 3.55. The first-order valence-corrected chi connectivity index (χ1v) is 5.75. The van der Waals surface area contributed by atoms with Crippen molar-refractivity contribution >= 4 is 29.1 Å². The van der Waals surface area contributed by atoms with Crippen molar-refractivity contribution in [3.05, 3.63) is 30.1 Å². The molecule has 1 aromatic heterocycles. The fraction of sp³-hybridized carbons (Fsp3) is 0.385. The Balaban J connectivity index is 0.00000162. The maximum Gasteiger partial charge on any atom is 0.137 e. The molecule has 1 aromatic carbocycles. The average Bonchev–Trinajstić information content (AvgIpc) is 2.35. The van der Waals surface area contributed by atoms with Crippen LogP contribution in [0.25, 0.3) is 10.9 Å². The number of aromatic nitrogens is 2. The van der Waals surface area contributed by atoms with Gasteiger partial charge in [-0.25, -0.2) is 9.97 Å². The second-order valence-corrected chi connectivity index (χ2v) is 4.02. The van der Waals surface area contributed by atoms with E-state index < -0.39 is 0 Å². The van der Waals surface area contributed by atoms with Crippen LogP contribution in [-0.4, -0.2) is 30.2 Å². The summed E-state index contributed by atoms with van der Waals surface area (Å²) >= 11 is 0. The molecular weight excluding hydrogens is 250 g/mol. The molecule has 18 heavy (non-hydrogen) atoms. The van der Waals surface area contributed by atoms with Gasteiger partial charge in [-0.2, -0.15) is 0 Å². The second-order valence-electron chi connectivity index (χ2n) is 4.02. The molecule has 1 N–H and O–H groups in total. The van der Waals surface area contributed by atoms with Crippen LogP contribution in [0.2, 0.25) is 0 Å². The highest BCUT2D eigenvalue weighted by atomic mass is 35.5. The SMILES string of the molecule is COCCCNc1ncnc2ccc(C)cc12.Cl. The van der Waals surface area contributed by atoms with Crippen LogP contribution >= 0.6 is 12.4 Å². The predicted octanol–water partition coefficient (Wildman–Crippen LogP) is 2.81. The van der Waals surface area contributed by atoms with Gasteiger partial charge in [0.15, 0.2) is 0 Å². The smallest absolute Gasteiger partial charge is 0.137 e. The van der Waals surface area contributed by atoms with Crippen LogP contribution in [0.4, 0.5) is 5.82 Å². The number of nitrogens with one attached hydrogen (secondary N) is 1. The summed E-state index contributed by atoms with van der Waals surface area (Å²) in [4.78, 5) is 8.53. The summed E-state index contributed by atoms with van der Waals surface area (Å²) in [6.07, 6.45) is 2.56. The van der Waals surface area contributed by atoms with E-state index in [9.17, 15) is 0 Å². The lowest BCUT2D eigenvalue weighted by Gasteiger charge is -2.08. The number of halogens is 1. The Morgan fingerprint density at radius 3 is 2.89 bits per heavy atom. The predicted molar refractivity (Wildman–Crippen MR) is 76.5 cm³/mol. The van der Waals surface area contributed by atoms with E-state index in [2.05, 4.69) is 34.3 Å². The Morgan fingerprint density at radius 2 is 2.11 bits per heavy atom. The molecule has 0 radical (unpaired) electrons. The molecule has 0 amide bonds. The third-order valence-corrected chi connectivity index (χ3v) is 2.61. The first kappa shape index (κ1) is 14.7. The number of hydrogen-bond donors (Lipinski definition) is 1. The van der Waals surface area contributed by atoms with Crippen LogP contribution < -0.4 is 5.32 Å². The second kappa shape index (κ2) is 7.13. The summed E-state index contributed by atoms with van der Waals surface area (Å²) in [5.41, 5.74) is 2.19. The number of anilines is 1. The summed E-state index contributed by atoms with van der Waals surface area (Å²) in [6, 6.07) is 6.19. The molecule has 4 nitrogen and oxygen atoms in total. The van der Waals surface area contributed by atoms with Crippen molar-refractivity contribution in [2.75, 3.05) is 25.6 Å². The molecule has 0 saturated carbocycles. The zero-order valence-electron chi connectivity index (χ0n) is 10.6. The van der Waals surface area contributed by atoms with Gasteiger partial charge in [0, 0.05) is 25.6 Å². The normalized spacial score (nSPS) is 10.1. The molecule has 0 fully saturated rings. The summed E-state index contributed by atoms with van der Waals surface area (Å²) < 4.78 is 5.01. The fourth-order valence-corrected chi connectivity index (χ4v) is 1.73. The molecule has 2 aromatic rings. The zero-order valence-corrected chi connectivity index (χ0v) is 11.5. The van der Waals surface area contributed by atoms with Gasteiger partial charge in [0.2, 0.25) is 0 Å². The topological polar surface area (TPSA) is 47.0 Å². The van der Waals surface area contributed by atoms with Crippen molar-refractivity contribution in [1.82, 2.24) is 9.97 Å². The lowest BCUT2D eigenvalue weighted by atomic mass is 10.1. The van der Waals surface area contributed by atoms with Gasteiger partial charge in [0.05, 0.1) is 5.52 Å². The zero-order chi connectivity index (χ0) is 12.1. The summed E-state index contributed by atoms with van der Waals surface area (Å²) in [5.74, 6) is 0.898. The molecule has 0 aliphatic carbocycles. The fourth-order valence-electron chi connectivity index (χ4n) is 1.73. The molecule has 5 heteroatoms. The Hall–Kier alpha value is -1.39. The standard InChI is InChI=1S/C13H17N3O.ClH/c1-10-4-5-12-11(8-10)13(16-9-15-12)14-6-3-7-17-2;/h4-5,8-9H,3,6-7H2,1-2H3,(H,14,15,16);1H. The molecule has 98 valence electrons. The van der Waals surface area contributed by atoms with Crippen LogP contribution in [0.1, 0.15) is 12.0 Å². The molecular formula is C13H18ClN3O. The maximum atomic E-state index is 5.01. The molecule has 1 heterocycles. The van der Waals surface area contributed by atoms with E-state index in [0.717, 1.165) is 36.3 Å². The first-order valence-electron chi connectivity index (χ1n) is 5.75. The summed E-state index contributed by atoms with van der Waals surface area (Å²) in [6.45, 7) is 3.68. The first-order chi connectivity index (χ1) is 8.31. The minimum absolute atomic E-state index is 0. The van der Waals surface area contributed by atoms with Gasteiger partial charge >= 0.3 is 0 Å². The number of hydrogen-bond acceptors (Lipinski definition) is 4. The van der Waals surface area contributed by atoms with Crippen LogP contribution in [0.15, 0.2) is 24.5 Å². The third-order valence-electron chi connectivity index (χ3n) is 2.61. The van der Waals surface area contributed by atoms with Gasteiger partial charge in [-0.05, 0) is 25.5 Å². The number of rotatable bonds is 5. The van der Waals surface area contributed by atoms with E-state index in [1.165, 1.54) is 5.56 Å². The Morgan fingerprint density at radius 1 is 1.28 bits per heavy atom. The van der Waals surface area contributed by atoms with E-state index in [1.807, 2.05) is 6.07 Å². The largest absolute Gasteiger partial charge is 0.385 e. The molecule has 0 aliphatic rings. The summed E-state index contributed by atoms with van der Waals surface area (Å²) in [7, 11) is 1.71. The number of methoxy groups -OCH3 is 1. The monoisotopic (exact) mass is 267 g/mol. The van der Waals surface area contributed by atoms with E-state index in [4.69, 9.17) is 4.74 Å². The van der Waals surface area contributed by atoms with E-state index in [-0.39, 0.29) is 12.4 Å². The Kier molecular flexibility index (Phi) is 5.82. The number of nitrogens with zero attached hydrogens (tertiary/aromatic N) is 2. The average molecular weight is 268 g/mol. The quantitative estimate of drug-likeness (QED) is 0.847. The molecule has 0 spiro atoms. The van der Waals surface area contributed by atoms with Crippen molar-refractivity contribution in [3.63, 3.8) is 0 Å². The Bertz CT molecular complexity index is 505. The lowest BCUT2D eigenvalue weighted by Crippen LogP contribution is -2.06. The number of ether oxygens (including phenoxy) is 1. The van der Waals surface area contributed by atoms with Crippen molar-refractivity contribution in [2.24, 2.45) is 0 Å². The molecule has 2 rings (SSSR count). The van der Waals surface area contributed by atoms with Gasteiger partial charge in [0.1, 0.15) is 12.1 Å². The molecule has 0 atom stereocenters. The van der Waals surface area contributed by atoms with Gasteiger partial charge in [0.25, 0.3) is 0 Å². The Labute approximate surface area is 113 Å². The van der Waals surface area contributed by atoms with Crippen molar-refractivity contribution in [3.8, 4) is 0 Å². The van der Waals surface area contributed by atoms with Crippen LogP contribution in [0, 0.1) is 6.92 Å². The van der Waals surface area contributed by atoms with Gasteiger partial charge in [-0.1, -0.05) is 11.6 Å². The lowest BCUT2D eigenvalue weighted by molar-refractivity contribution is 0.198. The van der Waals surface area contributed by atoms with Crippen LogP contribution in [0.5, 0.6) is 0 Å². The van der Waals surface area contributed by atoms with Crippen molar-refractivity contribution in [2.45, 2.75) is 13.3 Å². The van der Waals surface area contributed by atoms with E-state index in [1.54, 1.807) is 13.4 Å². The number of fused-ring (bicyclic) bond motifs is 1. The van der Waals surface area contributed by atoms with Gasteiger partial charge < -0.3 is 10.1 Å². The number of aryl methyl sites for hydroxylation is 1. The van der Waals surface area contributed by atoms with E-state index >= 15 is 0 Å². The van der Waals surface area contributed by atoms with Gasteiger partial charge in [-0.3, -0.25) is 0 Å². The molecule has 0 aliphatic heterocycles. The minimum atomic E-state index is 0. The van der Waals surface area contributed by atoms with E-state index in [0.29, 0.717) is 0 Å². The minimum Gasteiger partial charge on any atom is -0.385 e. The van der Waals surface area contributed by atoms with Crippen LogP contribution in [0.3, 0.4) is 0 Å². The molecule has 0 unspecified atom stereocenters. The van der Waals surface area contributed by atoms with Crippen molar-refractivity contribution < 1.29 is 4.74 Å². The van der Waals surface area contributed by atoms with Crippen LogP contribution in [-0.2, 0) is 4.74 Å².